The summed E-state index contributed by atoms with van der Waals surface area (Å²) in [6.07, 6.45) is 1.62. The number of nitrogens with zero attached hydrogens (tertiary/aromatic N) is 3. The summed E-state index contributed by atoms with van der Waals surface area (Å²) in [5, 5.41) is 18.7. The van der Waals surface area contributed by atoms with Crippen LogP contribution in [0.3, 0.4) is 0 Å². The lowest BCUT2D eigenvalue weighted by molar-refractivity contribution is 0.475. The lowest BCUT2D eigenvalue weighted by Crippen LogP contribution is -1.82. The topological polar surface area (TPSA) is 58.9 Å². The van der Waals surface area contributed by atoms with Crippen molar-refractivity contribution < 1.29 is 5.11 Å². The summed E-state index contributed by atoms with van der Waals surface area (Å²) in [7, 11) is 0. The maximum atomic E-state index is 9.45. The summed E-state index contributed by atoms with van der Waals surface area (Å²) in [6, 6.07) is 3.26. The van der Waals surface area contributed by atoms with E-state index in [2.05, 4.69) is 15.2 Å². The van der Waals surface area contributed by atoms with Crippen LogP contribution in [0.4, 0.5) is 0 Å². The molecule has 0 aromatic carbocycles. The highest BCUT2D eigenvalue weighted by Crippen LogP contribution is 2.27. The highest BCUT2D eigenvalue weighted by atomic mass is 32.1. The van der Waals surface area contributed by atoms with Crippen LogP contribution >= 0.6 is 11.3 Å². The van der Waals surface area contributed by atoms with E-state index >= 15 is 0 Å². The van der Waals surface area contributed by atoms with E-state index in [1.165, 1.54) is 11.3 Å². The van der Waals surface area contributed by atoms with E-state index in [4.69, 9.17) is 0 Å². The Labute approximate surface area is 78.9 Å². The van der Waals surface area contributed by atoms with Gasteiger partial charge in [0, 0.05) is 6.20 Å². The predicted octanol–water partition coefficient (Wildman–Crippen LogP) is 1.61. The average Bonchev–Trinajstić information content (AvgIpc) is 2.53. The van der Waals surface area contributed by atoms with Crippen LogP contribution < -0.4 is 0 Å². The predicted molar refractivity (Wildman–Crippen MR) is 49.5 cm³/mol. The molecule has 2 aromatic rings. The molecule has 0 fully saturated rings. The number of aryl methyl sites for hydroxylation is 1. The standard InChI is InChI=1S/C8H7N3OS/c1-5-10-11-8(13-5)7-6(12)3-2-4-9-7/h2-4,12H,1H3. The molecule has 0 saturated carbocycles. The number of aromatic hydroxyl groups is 1. The Bertz CT molecular complexity index is 427. The van der Waals surface area contributed by atoms with Gasteiger partial charge < -0.3 is 5.11 Å². The summed E-state index contributed by atoms with van der Waals surface area (Å²) in [5.74, 6) is 0.138. The first-order valence-electron chi connectivity index (χ1n) is 3.72. The molecule has 2 heterocycles. The molecule has 0 radical (unpaired) electrons. The number of pyridine rings is 1. The van der Waals surface area contributed by atoms with Gasteiger partial charge >= 0.3 is 0 Å². The SMILES string of the molecule is Cc1nnc(-c2ncccc2O)s1. The van der Waals surface area contributed by atoms with E-state index in [1.54, 1.807) is 18.3 Å². The lowest BCUT2D eigenvalue weighted by atomic mass is 10.3. The minimum atomic E-state index is 0.138. The third kappa shape index (κ3) is 1.50. The molecule has 13 heavy (non-hydrogen) atoms. The molecule has 2 rings (SSSR count). The largest absolute Gasteiger partial charge is 0.506 e. The summed E-state index contributed by atoms with van der Waals surface area (Å²) in [6.45, 7) is 1.86. The number of hydrogen-bond acceptors (Lipinski definition) is 5. The molecule has 66 valence electrons. The quantitative estimate of drug-likeness (QED) is 0.747. The minimum Gasteiger partial charge on any atom is -0.506 e. The smallest absolute Gasteiger partial charge is 0.170 e. The molecule has 0 bridgehead atoms. The average molecular weight is 193 g/mol. The molecule has 0 aliphatic heterocycles. The van der Waals surface area contributed by atoms with Crippen LogP contribution in [0.15, 0.2) is 18.3 Å². The maximum absolute atomic E-state index is 9.45. The molecule has 0 spiro atoms. The van der Waals surface area contributed by atoms with Crippen molar-refractivity contribution in [2.45, 2.75) is 6.92 Å². The molecule has 4 nitrogen and oxygen atoms in total. The fraction of sp³-hybridized carbons (Fsp3) is 0.125. The van der Waals surface area contributed by atoms with Gasteiger partial charge in [0.15, 0.2) is 5.01 Å². The first-order chi connectivity index (χ1) is 6.27. The van der Waals surface area contributed by atoms with Crippen molar-refractivity contribution in [3.63, 3.8) is 0 Å². The Kier molecular flexibility index (Phi) is 1.94. The molecule has 5 heteroatoms. The van der Waals surface area contributed by atoms with Crippen LogP contribution in [-0.4, -0.2) is 20.3 Å². The van der Waals surface area contributed by atoms with Crippen LogP contribution in [0.25, 0.3) is 10.7 Å². The maximum Gasteiger partial charge on any atom is 0.170 e. The van der Waals surface area contributed by atoms with Gasteiger partial charge in [-0.15, -0.1) is 10.2 Å². The van der Waals surface area contributed by atoms with E-state index in [0.29, 0.717) is 10.7 Å². The van der Waals surface area contributed by atoms with Gasteiger partial charge in [0.2, 0.25) is 0 Å². The van der Waals surface area contributed by atoms with E-state index < -0.39 is 0 Å². The van der Waals surface area contributed by atoms with Crippen LogP contribution in [-0.2, 0) is 0 Å². The van der Waals surface area contributed by atoms with Crippen LogP contribution in [0.1, 0.15) is 5.01 Å². The van der Waals surface area contributed by atoms with E-state index in [-0.39, 0.29) is 5.75 Å². The first-order valence-corrected chi connectivity index (χ1v) is 4.53. The first kappa shape index (κ1) is 8.12. The van der Waals surface area contributed by atoms with Gasteiger partial charge in [0.1, 0.15) is 16.5 Å². The second kappa shape index (κ2) is 3.10. The Morgan fingerprint density at radius 3 is 2.85 bits per heavy atom. The zero-order chi connectivity index (χ0) is 9.26. The Hall–Kier alpha value is -1.49. The Morgan fingerprint density at radius 2 is 2.23 bits per heavy atom. The zero-order valence-electron chi connectivity index (χ0n) is 6.93. The van der Waals surface area contributed by atoms with Crippen LogP contribution in [0, 0.1) is 6.92 Å². The fourth-order valence-electron chi connectivity index (χ4n) is 0.954. The third-order valence-electron chi connectivity index (χ3n) is 1.52. The van der Waals surface area contributed by atoms with Crippen molar-refractivity contribution in [3.8, 4) is 16.5 Å². The van der Waals surface area contributed by atoms with Crippen molar-refractivity contribution in [2.75, 3.05) is 0 Å². The molecular weight excluding hydrogens is 186 g/mol. The summed E-state index contributed by atoms with van der Waals surface area (Å²) < 4.78 is 0. The van der Waals surface area contributed by atoms with E-state index in [9.17, 15) is 5.11 Å². The molecule has 0 amide bonds. The second-order valence-corrected chi connectivity index (χ2v) is 3.68. The molecule has 1 N–H and O–H groups in total. The van der Waals surface area contributed by atoms with Crippen molar-refractivity contribution in [3.05, 3.63) is 23.3 Å². The third-order valence-corrected chi connectivity index (χ3v) is 2.36. The van der Waals surface area contributed by atoms with Gasteiger partial charge in [-0.1, -0.05) is 11.3 Å². The molecule has 2 aromatic heterocycles. The van der Waals surface area contributed by atoms with Gasteiger partial charge in [-0.3, -0.25) is 0 Å². The monoisotopic (exact) mass is 193 g/mol. The summed E-state index contributed by atoms with van der Waals surface area (Å²) in [5.41, 5.74) is 0.494. The molecule has 0 unspecified atom stereocenters. The number of hydrogen-bond donors (Lipinski definition) is 1. The van der Waals surface area contributed by atoms with Gasteiger partial charge in [-0.05, 0) is 19.1 Å². The van der Waals surface area contributed by atoms with Gasteiger partial charge in [-0.2, -0.15) is 0 Å². The van der Waals surface area contributed by atoms with Gasteiger partial charge in [-0.25, -0.2) is 4.98 Å². The number of aromatic nitrogens is 3. The van der Waals surface area contributed by atoms with Crippen LogP contribution in [0.2, 0.25) is 0 Å². The zero-order valence-corrected chi connectivity index (χ0v) is 7.75. The fourth-order valence-corrected chi connectivity index (χ4v) is 1.65. The van der Waals surface area contributed by atoms with Gasteiger partial charge in [0.25, 0.3) is 0 Å². The highest BCUT2D eigenvalue weighted by molar-refractivity contribution is 7.14. The van der Waals surface area contributed by atoms with Crippen molar-refractivity contribution in [1.29, 1.82) is 0 Å². The normalized spacial score (nSPS) is 10.2. The second-order valence-electron chi connectivity index (χ2n) is 2.50. The Morgan fingerprint density at radius 1 is 1.38 bits per heavy atom. The molecule has 0 aliphatic carbocycles. The molecular formula is C8H7N3OS. The van der Waals surface area contributed by atoms with Crippen molar-refractivity contribution in [1.82, 2.24) is 15.2 Å². The number of rotatable bonds is 1. The summed E-state index contributed by atoms with van der Waals surface area (Å²) in [4.78, 5) is 4.02. The molecule has 0 saturated heterocycles. The Balaban J connectivity index is 2.52. The van der Waals surface area contributed by atoms with Gasteiger partial charge in [0.05, 0.1) is 0 Å². The van der Waals surface area contributed by atoms with E-state index in [1.807, 2.05) is 6.92 Å². The molecule has 0 atom stereocenters. The summed E-state index contributed by atoms with van der Waals surface area (Å²) >= 11 is 1.41. The van der Waals surface area contributed by atoms with Crippen LogP contribution in [0.5, 0.6) is 5.75 Å². The highest BCUT2D eigenvalue weighted by Gasteiger charge is 2.09. The van der Waals surface area contributed by atoms with Crippen molar-refractivity contribution >= 4 is 11.3 Å². The lowest BCUT2D eigenvalue weighted by Gasteiger charge is -1.96. The minimum absolute atomic E-state index is 0.138. The molecule has 0 aliphatic rings. The van der Waals surface area contributed by atoms with E-state index in [0.717, 1.165) is 5.01 Å². The van der Waals surface area contributed by atoms with Crippen molar-refractivity contribution in [2.24, 2.45) is 0 Å².